The molecule has 0 spiro atoms. The zero-order valence-electron chi connectivity index (χ0n) is 11.2. The van der Waals surface area contributed by atoms with E-state index in [0.29, 0.717) is 6.04 Å². The number of allylic oxidation sites excluding steroid dienone is 1. The molecule has 0 saturated heterocycles. The molecule has 0 aromatic heterocycles. The number of rotatable bonds is 7. The number of carbonyl (C=O) groups is 1. The standard InChI is InChI=1S/C13H25NO2/c1-6-9-13(15)16-12(5)14(10-7-2)11(4)8-3/h6,9,11-12H,7-8,10H2,1-5H3/b9-6+. The molecule has 0 rings (SSSR count). The number of hydrogen-bond acceptors (Lipinski definition) is 3. The van der Waals surface area contributed by atoms with Gasteiger partial charge in [-0.05, 0) is 33.6 Å². The van der Waals surface area contributed by atoms with Gasteiger partial charge in [0.1, 0.15) is 0 Å². The van der Waals surface area contributed by atoms with Gasteiger partial charge in [0.15, 0.2) is 6.23 Å². The van der Waals surface area contributed by atoms with E-state index in [9.17, 15) is 4.79 Å². The molecule has 2 atom stereocenters. The average Bonchev–Trinajstić information content (AvgIpc) is 2.24. The Morgan fingerprint density at radius 3 is 2.44 bits per heavy atom. The van der Waals surface area contributed by atoms with Crippen LogP contribution in [-0.2, 0) is 9.53 Å². The Labute approximate surface area is 99.5 Å². The number of hydrogen-bond donors (Lipinski definition) is 0. The first-order valence-corrected chi connectivity index (χ1v) is 6.15. The third-order valence-electron chi connectivity index (χ3n) is 2.70. The van der Waals surface area contributed by atoms with Crippen molar-refractivity contribution in [3.05, 3.63) is 12.2 Å². The fourth-order valence-electron chi connectivity index (χ4n) is 1.66. The number of nitrogens with zero attached hydrogens (tertiary/aromatic N) is 1. The van der Waals surface area contributed by atoms with Gasteiger partial charge in [-0.15, -0.1) is 0 Å². The lowest BCUT2D eigenvalue weighted by Gasteiger charge is -2.32. The maximum atomic E-state index is 11.3. The smallest absolute Gasteiger partial charge is 0.331 e. The molecule has 0 bridgehead atoms. The van der Waals surface area contributed by atoms with E-state index in [2.05, 4.69) is 25.7 Å². The van der Waals surface area contributed by atoms with Crippen LogP contribution in [0.1, 0.15) is 47.5 Å². The molecule has 0 aliphatic rings. The summed E-state index contributed by atoms with van der Waals surface area (Å²) in [5.41, 5.74) is 0. The van der Waals surface area contributed by atoms with Gasteiger partial charge >= 0.3 is 5.97 Å². The van der Waals surface area contributed by atoms with Crippen molar-refractivity contribution in [1.82, 2.24) is 4.90 Å². The van der Waals surface area contributed by atoms with Gasteiger partial charge in [-0.25, -0.2) is 4.79 Å². The third-order valence-corrected chi connectivity index (χ3v) is 2.70. The quantitative estimate of drug-likeness (QED) is 0.380. The summed E-state index contributed by atoms with van der Waals surface area (Å²) < 4.78 is 5.33. The summed E-state index contributed by atoms with van der Waals surface area (Å²) in [6.07, 6.45) is 5.12. The van der Waals surface area contributed by atoms with Crippen molar-refractivity contribution in [2.45, 2.75) is 59.7 Å². The van der Waals surface area contributed by atoms with Crippen molar-refractivity contribution in [2.75, 3.05) is 6.54 Å². The minimum absolute atomic E-state index is 0.154. The van der Waals surface area contributed by atoms with Crippen LogP contribution in [0.15, 0.2) is 12.2 Å². The van der Waals surface area contributed by atoms with Gasteiger partial charge in [0.05, 0.1) is 0 Å². The molecule has 0 fully saturated rings. The van der Waals surface area contributed by atoms with Gasteiger partial charge in [0.25, 0.3) is 0 Å². The van der Waals surface area contributed by atoms with Crippen molar-refractivity contribution in [3.63, 3.8) is 0 Å². The lowest BCUT2D eigenvalue weighted by atomic mass is 10.2. The SMILES string of the molecule is C/C=C/C(=O)OC(C)N(CCC)C(C)CC. The van der Waals surface area contributed by atoms with E-state index in [1.54, 1.807) is 6.08 Å². The van der Waals surface area contributed by atoms with Gasteiger partial charge < -0.3 is 4.74 Å². The summed E-state index contributed by atoms with van der Waals surface area (Å²) >= 11 is 0. The molecule has 0 saturated carbocycles. The van der Waals surface area contributed by atoms with E-state index in [4.69, 9.17) is 4.74 Å². The van der Waals surface area contributed by atoms with E-state index >= 15 is 0 Å². The highest BCUT2D eigenvalue weighted by molar-refractivity contribution is 5.81. The average molecular weight is 227 g/mol. The second kappa shape index (κ2) is 8.34. The zero-order valence-corrected chi connectivity index (χ0v) is 11.2. The van der Waals surface area contributed by atoms with E-state index in [-0.39, 0.29) is 12.2 Å². The highest BCUT2D eigenvalue weighted by atomic mass is 16.6. The summed E-state index contributed by atoms with van der Waals surface area (Å²) in [4.78, 5) is 13.6. The Hall–Kier alpha value is -0.830. The first kappa shape index (κ1) is 15.2. The Morgan fingerprint density at radius 2 is 2.00 bits per heavy atom. The third kappa shape index (κ3) is 5.31. The second-order valence-electron chi connectivity index (χ2n) is 4.03. The van der Waals surface area contributed by atoms with Crippen LogP contribution in [0.4, 0.5) is 0 Å². The van der Waals surface area contributed by atoms with Gasteiger partial charge in [0.2, 0.25) is 0 Å². The zero-order chi connectivity index (χ0) is 12.6. The summed E-state index contributed by atoms with van der Waals surface area (Å²) in [7, 11) is 0. The van der Waals surface area contributed by atoms with Crippen LogP contribution in [0.2, 0.25) is 0 Å². The van der Waals surface area contributed by atoms with E-state index in [0.717, 1.165) is 19.4 Å². The van der Waals surface area contributed by atoms with Gasteiger partial charge in [-0.2, -0.15) is 0 Å². The Bertz CT molecular complexity index is 226. The van der Waals surface area contributed by atoms with Crippen LogP contribution >= 0.6 is 0 Å². The van der Waals surface area contributed by atoms with Gasteiger partial charge in [-0.3, -0.25) is 4.90 Å². The van der Waals surface area contributed by atoms with Crippen molar-refractivity contribution >= 4 is 5.97 Å². The molecule has 0 radical (unpaired) electrons. The fraction of sp³-hybridized carbons (Fsp3) is 0.769. The predicted molar refractivity (Wildman–Crippen MR) is 67.1 cm³/mol. The predicted octanol–water partition coefficient (Wildman–Crippen LogP) is 2.96. The first-order valence-electron chi connectivity index (χ1n) is 6.15. The van der Waals surface area contributed by atoms with E-state index in [1.165, 1.54) is 6.08 Å². The molecular weight excluding hydrogens is 202 g/mol. The van der Waals surface area contributed by atoms with E-state index in [1.807, 2.05) is 13.8 Å². The summed E-state index contributed by atoms with van der Waals surface area (Å²) in [5, 5.41) is 0. The van der Waals surface area contributed by atoms with Gasteiger partial charge in [0, 0.05) is 18.7 Å². The Morgan fingerprint density at radius 1 is 1.38 bits per heavy atom. The minimum Gasteiger partial charge on any atom is -0.443 e. The Balaban J connectivity index is 4.36. The monoisotopic (exact) mass is 227 g/mol. The van der Waals surface area contributed by atoms with Crippen molar-refractivity contribution < 1.29 is 9.53 Å². The lowest BCUT2D eigenvalue weighted by molar-refractivity contribution is -0.153. The second-order valence-corrected chi connectivity index (χ2v) is 4.03. The van der Waals surface area contributed by atoms with E-state index < -0.39 is 0 Å². The fourth-order valence-corrected chi connectivity index (χ4v) is 1.66. The molecule has 0 aliphatic carbocycles. The van der Waals surface area contributed by atoms with Crippen LogP contribution in [0, 0.1) is 0 Å². The highest BCUT2D eigenvalue weighted by Crippen LogP contribution is 2.11. The molecule has 0 aromatic carbocycles. The number of esters is 1. The summed E-state index contributed by atoms with van der Waals surface area (Å²) in [5.74, 6) is -0.264. The van der Waals surface area contributed by atoms with Crippen molar-refractivity contribution in [3.8, 4) is 0 Å². The van der Waals surface area contributed by atoms with Gasteiger partial charge in [-0.1, -0.05) is 19.9 Å². The molecule has 0 aliphatic heterocycles. The van der Waals surface area contributed by atoms with Crippen LogP contribution in [0.5, 0.6) is 0 Å². The summed E-state index contributed by atoms with van der Waals surface area (Å²) in [6, 6.07) is 0.438. The van der Waals surface area contributed by atoms with Crippen LogP contribution in [-0.4, -0.2) is 29.7 Å². The lowest BCUT2D eigenvalue weighted by Crippen LogP contribution is -2.42. The normalized spacial score (nSPS) is 15.4. The largest absolute Gasteiger partial charge is 0.443 e. The Kier molecular flexibility index (Phi) is 7.90. The van der Waals surface area contributed by atoms with Crippen LogP contribution in [0.3, 0.4) is 0 Å². The minimum atomic E-state index is -0.264. The molecule has 0 amide bonds. The number of carbonyl (C=O) groups excluding carboxylic acids is 1. The first-order chi connectivity index (χ1) is 7.56. The molecule has 3 heteroatoms. The molecule has 0 aromatic rings. The molecule has 3 nitrogen and oxygen atoms in total. The van der Waals surface area contributed by atoms with Crippen molar-refractivity contribution in [1.29, 1.82) is 0 Å². The van der Waals surface area contributed by atoms with Crippen LogP contribution < -0.4 is 0 Å². The maximum Gasteiger partial charge on any atom is 0.331 e. The molecular formula is C13H25NO2. The molecule has 94 valence electrons. The highest BCUT2D eigenvalue weighted by Gasteiger charge is 2.20. The van der Waals surface area contributed by atoms with Crippen LogP contribution in [0.25, 0.3) is 0 Å². The number of ether oxygens (including phenoxy) is 1. The summed E-state index contributed by atoms with van der Waals surface area (Å²) in [6.45, 7) is 11.1. The molecule has 0 N–H and O–H groups in total. The topological polar surface area (TPSA) is 29.5 Å². The van der Waals surface area contributed by atoms with Crippen molar-refractivity contribution in [2.24, 2.45) is 0 Å². The molecule has 0 heterocycles. The maximum absolute atomic E-state index is 11.3. The molecule has 16 heavy (non-hydrogen) atoms. The molecule has 2 unspecified atom stereocenters.